The third kappa shape index (κ3) is 2.54. The summed E-state index contributed by atoms with van der Waals surface area (Å²) in [6.07, 6.45) is 1.86. The molecule has 0 aliphatic carbocycles. The quantitative estimate of drug-likeness (QED) is 0.915. The number of pyridine rings is 1. The normalized spacial score (nSPS) is 16.8. The summed E-state index contributed by atoms with van der Waals surface area (Å²) in [4.78, 5) is 5.61. The van der Waals surface area contributed by atoms with E-state index in [4.69, 9.17) is 4.74 Å². The van der Waals surface area contributed by atoms with Crippen LogP contribution < -0.4 is 10.1 Å². The van der Waals surface area contributed by atoms with Crippen molar-refractivity contribution in [3.05, 3.63) is 36.5 Å². The van der Waals surface area contributed by atoms with Gasteiger partial charge in [0.1, 0.15) is 0 Å². The first-order chi connectivity index (χ1) is 9.26. The lowest BCUT2D eigenvalue weighted by Gasteiger charge is -2.06. The molecule has 0 bridgehead atoms. The van der Waals surface area contributed by atoms with Crippen molar-refractivity contribution in [2.75, 3.05) is 11.9 Å². The van der Waals surface area contributed by atoms with E-state index in [0.717, 1.165) is 5.56 Å². The molecule has 0 radical (unpaired) electrons. The molecule has 1 N–H and O–H groups in total. The summed E-state index contributed by atoms with van der Waals surface area (Å²) in [7, 11) is 0. The minimum absolute atomic E-state index is 0.448. The van der Waals surface area contributed by atoms with E-state index in [0.29, 0.717) is 17.9 Å². The largest absolute Gasteiger partial charge is 0.478 e. The molecule has 1 aliphatic rings. The molecule has 0 amide bonds. The van der Waals surface area contributed by atoms with E-state index in [1.807, 2.05) is 30.9 Å². The number of anilines is 1. The maximum atomic E-state index is 5.36. The van der Waals surface area contributed by atoms with Gasteiger partial charge in [-0.2, -0.15) is 0 Å². The van der Waals surface area contributed by atoms with Crippen molar-refractivity contribution in [3.63, 3.8) is 0 Å². The highest BCUT2D eigenvalue weighted by Gasteiger charge is 2.17. The molecule has 19 heavy (non-hydrogen) atoms. The Morgan fingerprint density at radius 2 is 2.11 bits per heavy atom. The predicted octanol–water partition coefficient (Wildman–Crippen LogP) is 4.01. The van der Waals surface area contributed by atoms with Crippen LogP contribution in [-0.4, -0.2) is 17.0 Å². The molecule has 0 spiro atoms. The molecule has 3 rings (SSSR count). The number of benzene rings is 1. The Hall–Kier alpha value is -1.68. The standard InChI is InChI=1S/C15H16N2OS/c1-3-18-15-7-5-12(9-16-15)11-4-6-13-14(8-11)19-10(2)17-13/h4-10,17H,3H2,1-2H3. The number of ether oxygens (including phenoxy) is 1. The smallest absolute Gasteiger partial charge is 0.213 e. The van der Waals surface area contributed by atoms with Gasteiger partial charge in [0.05, 0.1) is 12.0 Å². The molecular formula is C15H16N2OS. The fraction of sp³-hybridized carbons (Fsp3) is 0.267. The summed E-state index contributed by atoms with van der Waals surface area (Å²) in [5.41, 5.74) is 3.53. The number of hydrogen-bond acceptors (Lipinski definition) is 4. The minimum atomic E-state index is 0.448. The van der Waals surface area contributed by atoms with Crippen LogP contribution in [0.3, 0.4) is 0 Å². The lowest BCUT2D eigenvalue weighted by Crippen LogP contribution is -2.02. The predicted molar refractivity (Wildman–Crippen MR) is 79.8 cm³/mol. The van der Waals surface area contributed by atoms with Gasteiger partial charge in [-0.05, 0) is 37.6 Å². The van der Waals surface area contributed by atoms with Gasteiger partial charge in [-0.1, -0.05) is 17.8 Å². The molecule has 4 heteroatoms. The number of fused-ring (bicyclic) bond motifs is 1. The lowest BCUT2D eigenvalue weighted by atomic mass is 10.1. The summed E-state index contributed by atoms with van der Waals surface area (Å²) in [6, 6.07) is 10.4. The number of nitrogens with zero attached hydrogens (tertiary/aromatic N) is 1. The van der Waals surface area contributed by atoms with Gasteiger partial charge in [-0.15, -0.1) is 0 Å². The zero-order valence-electron chi connectivity index (χ0n) is 11.0. The maximum absolute atomic E-state index is 5.36. The van der Waals surface area contributed by atoms with E-state index >= 15 is 0 Å². The van der Waals surface area contributed by atoms with Crippen LogP contribution in [0, 0.1) is 0 Å². The lowest BCUT2D eigenvalue weighted by molar-refractivity contribution is 0.327. The zero-order chi connectivity index (χ0) is 13.2. The Labute approximate surface area is 117 Å². The van der Waals surface area contributed by atoms with Crippen LogP contribution in [0.1, 0.15) is 13.8 Å². The van der Waals surface area contributed by atoms with Gasteiger partial charge in [0.15, 0.2) is 0 Å². The molecule has 0 fully saturated rings. The monoisotopic (exact) mass is 272 g/mol. The molecule has 3 nitrogen and oxygen atoms in total. The summed E-state index contributed by atoms with van der Waals surface area (Å²) >= 11 is 1.85. The van der Waals surface area contributed by atoms with Gasteiger partial charge < -0.3 is 10.1 Å². The van der Waals surface area contributed by atoms with Gasteiger partial charge >= 0.3 is 0 Å². The second-order valence-electron chi connectivity index (χ2n) is 4.43. The van der Waals surface area contributed by atoms with E-state index in [9.17, 15) is 0 Å². The highest BCUT2D eigenvalue weighted by atomic mass is 32.2. The molecular weight excluding hydrogens is 256 g/mol. The first-order valence-electron chi connectivity index (χ1n) is 6.42. The summed E-state index contributed by atoms with van der Waals surface area (Å²) in [5, 5.41) is 3.88. The van der Waals surface area contributed by atoms with E-state index in [1.165, 1.54) is 16.1 Å². The SMILES string of the molecule is CCOc1ccc(-c2ccc3c(c2)SC(C)N3)cn1. The molecule has 1 aromatic carbocycles. The third-order valence-corrected chi connectivity index (χ3v) is 4.07. The van der Waals surface area contributed by atoms with Crippen LogP contribution in [0.25, 0.3) is 11.1 Å². The molecule has 1 unspecified atom stereocenters. The molecule has 2 heterocycles. The fourth-order valence-electron chi connectivity index (χ4n) is 2.14. The van der Waals surface area contributed by atoms with Crippen LogP contribution in [0.2, 0.25) is 0 Å². The van der Waals surface area contributed by atoms with Crippen molar-refractivity contribution in [2.45, 2.75) is 24.1 Å². The molecule has 1 aliphatic heterocycles. The summed E-state index contributed by atoms with van der Waals surface area (Å²) in [6.45, 7) is 4.77. The Bertz CT molecular complexity index is 583. The number of hydrogen-bond donors (Lipinski definition) is 1. The van der Waals surface area contributed by atoms with E-state index in [-0.39, 0.29) is 0 Å². The number of rotatable bonds is 3. The molecule has 2 aromatic rings. The van der Waals surface area contributed by atoms with Crippen molar-refractivity contribution < 1.29 is 4.74 Å². The van der Waals surface area contributed by atoms with E-state index in [1.54, 1.807) is 0 Å². The van der Waals surface area contributed by atoms with Crippen molar-refractivity contribution in [3.8, 4) is 17.0 Å². The summed E-state index contributed by atoms with van der Waals surface area (Å²) in [5.74, 6) is 0.678. The van der Waals surface area contributed by atoms with Crippen LogP contribution in [-0.2, 0) is 0 Å². The Morgan fingerprint density at radius 1 is 1.26 bits per heavy atom. The Morgan fingerprint density at radius 3 is 2.84 bits per heavy atom. The minimum Gasteiger partial charge on any atom is -0.478 e. The van der Waals surface area contributed by atoms with Crippen molar-refractivity contribution in [1.82, 2.24) is 4.98 Å². The molecule has 0 saturated heterocycles. The van der Waals surface area contributed by atoms with Crippen molar-refractivity contribution in [2.24, 2.45) is 0 Å². The highest BCUT2D eigenvalue weighted by Crippen LogP contribution is 2.40. The molecule has 1 aromatic heterocycles. The topological polar surface area (TPSA) is 34.1 Å². The van der Waals surface area contributed by atoms with Gasteiger partial charge in [-0.3, -0.25) is 0 Å². The van der Waals surface area contributed by atoms with E-state index < -0.39 is 0 Å². The van der Waals surface area contributed by atoms with Gasteiger partial charge in [0, 0.05) is 28.4 Å². The second-order valence-corrected chi connectivity index (χ2v) is 5.82. The van der Waals surface area contributed by atoms with Gasteiger partial charge in [0.2, 0.25) is 5.88 Å². The first-order valence-corrected chi connectivity index (χ1v) is 7.30. The Kier molecular flexibility index (Phi) is 3.34. The molecule has 98 valence electrons. The highest BCUT2D eigenvalue weighted by molar-refractivity contribution is 8.00. The Balaban J connectivity index is 1.88. The van der Waals surface area contributed by atoms with Crippen LogP contribution in [0.4, 0.5) is 5.69 Å². The fourth-order valence-corrected chi connectivity index (χ4v) is 3.16. The van der Waals surface area contributed by atoms with Crippen molar-refractivity contribution >= 4 is 17.4 Å². The van der Waals surface area contributed by atoms with Crippen LogP contribution >= 0.6 is 11.8 Å². The number of nitrogens with one attached hydrogen (secondary N) is 1. The van der Waals surface area contributed by atoms with E-state index in [2.05, 4.69) is 41.5 Å². The van der Waals surface area contributed by atoms with Gasteiger partial charge in [-0.25, -0.2) is 4.98 Å². The van der Waals surface area contributed by atoms with Gasteiger partial charge in [0.25, 0.3) is 0 Å². The van der Waals surface area contributed by atoms with Crippen molar-refractivity contribution in [1.29, 1.82) is 0 Å². The second kappa shape index (κ2) is 5.13. The molecule has 1 atom stereocenters. The maximum Gasteiger partial charge on any atom is 0.213 e. The first kappa shape index (κ1) is 12.4. The average molecular weight is 272 g/mol. The third-order valence-electron chi connectivity index (χ3n) is 3.01. The summed E-state index contributed by atoms with van der Waals surface area (Å²) < 4.78 is 5.36. The van der Waals surface area contributed by atoms with Crippen LogP contribution in [0.15, 0.2) is 41.4 Å². The average Bonchev–Trinajstić information content (AvgIpc) is 2.79. The number of thioether (sulfide) groups is 1. The van der Waals surface area contributed by atoms with Crippen LogP contribution in [0.5, 0.6) is 5.88 Å². The zero-order valence-corrected chi connectivity index (χ0v) is 11.8. The molecule has 0 saturated carbocycles. The number of aromatic nitrogens is 1.